The van der Waals surface area contributed by atoms with Gasteiger partial charge in [0.2, 0.25) is 11.8 Å². The number of rotatable bonds is 4. The Bertz CT molecular complexity index is 953. The van der Waals surface area contributed by atoms with Crippen molar-refractivity contribution < 1.29 is 9.21 Å². The minimum absolute atomic E-state index is 0.0654. The van der Waals surface area contributed by atoms with Crippen molar-refractivity contribution in [3.63, 3.8) is 0 Å². The van der Waals surface area contributed by atoms with Crippen molar-refractivity contribution in [2.45, 2.75) is 30.7 Å². The van der Waals surface area contributed by atoms with Gasteiger partial charge in [0.25, 0.3) is 5.22 Å². The van der Waals surface area contributed by atoms with E-state index in [1.807, 2.05) is 61.2 Å². The zero-order valence-electron chi connectivity index (χ0n) is 14.7. The van der Waals surface area contributed by atoms with Gasteiger partial charge in [-0.15, -0.1) is 10.2 Å². The highest BCUT2D eigenvalue weighted by atomic mass is 32.2. The maximum Gasteiger partial charge on any atom is 0.277 e. The van der Waals surface area contributed by atoms with Gasteiger partial charge in [0.05, 0.1) is 5.25 Å². The first-order chi connectivity index (χ1) is 12.6. The number of fused-ring (bicyclic) bond motifs is 1. The molecule has 2 heterocycles. The summed E-state index contributed by atoms with van der Waals surface area (Å²) in [7, 11) is 0. The summed E-state index contributed by atoms with van der Waals surface area (Å²) in [5.41, 5.74) is 4.22. The molecule has 0 saturated carbocycles. The van der Waals surface area contributed by atoms with Crippen molar-refractivity contribution in [2.75, 3.05) is 11.4 Å². The molecule has 26 heavy (non-hydrogen) atoms. The zero-order chi connectivity index (χ0) is 18.1. The van der Waals surface area contributed by atoms with Crippen LogP contribution in [0.4, 0.5) is 5.69 Å². The molecule has 0 saturated heterocycles. The van der Waals surface area contributed by atoms with Crippen molar-refractivity contribution in [3.8, 4) is 11.5 Å². The van der Waals surface area contributed by atoms with E-state index in [0.717, 1.165) is 29.8 Å². The number of anilines is 1. The molecule has 6 heteroatoms. The fourth-order valence-corrected chi connectivity index (χ4v) is 3.91. The molecule has 1 aromatic heterocycles. The smallest absolute Gasteiger partial charge is 0.277 e. The molecule has 1 unspecified atom stereocenters. The maximum atomic E-state index is 12.9. The summed E-state index contributed by atoms with van der Waals surface area (Å²) < 4.78 is 5.77. The average molecular weight is 365 g/mol. The van der Waals surface area contributed by atoms with Crippen LogP contribution in [-0.4, -0.2) is 27.9 Å². The summed E-state index contributed by atoms with van der Waals surface area (Å²) >= 11 is 1.30. The fourth-order valence-electron chi connectivity index (χ4n) is 3.17. The highest BCUT2D eigenvalue weighted by Crippen LogP contribution is 2.32. The highest BCUT2D eigenvalue weighted by molar-refractivity contribution is 8.00. The van der Waals surface area contributed by atoms with E-state index >= 15 is 0 Å². The zero-order valence-corrected chi connectivity index (χ0v) is 15.5. The van der Waals surface area contributed by atoms with E-state index in [2.05, 4.69) is 16.3 Å². The Morgan fingerprint density at radius 2 is 1.92 bits per heavy atom. The lowest BCUT2D eigenvalue weighted by Gasteiger charge is -2.20. The molecule has 0 N–H and O–H groups in total. The second-order valence-corrected chi connectivity index (χ2v) is 7.61. The number of aryl methyl sites for hydroxylation is 1. The Balaban J connectivity index is 1.48. The Morgan fingerprint density at radius 1 is 1.15 bits per heavy atom. The number of carbonyl (C=O) groups is 1. The van der Waals surface area contributed by atoms with Crippen LogP contribution in [0.25, 0.3) is 11.5 Å². The molecule has 0 fully saturated rings. The molecule has 2 aromatic carbocycles. The van der Waals surface area contributed by atoms with Crippen LogP contribution in [0.5, 0.6) is 0 Å². The number of benzene rings is 2. The summed E-state index contributed by atoms with van der Waals surface area (Å²) in [5.74, 6) is 0.548. The van der Waals surface area contributed by atoms with Crippen LogP contribution >= 0.6 is 11.8 Å². The third-order valence-electron chi connectivity index (χ3n) is 4.56. The molecular formula is C20H19N3O2S. The molecule has 0 aliphatic carbocycles. The van der Waals surface area contributed by atoms with E-state index in [4.69, 9.17) is 4.42 Å². The Kier molecular flexibility index (Phi) is 4.51. The molecule has 1 amide bonds. The van der Waals surface area contributed by atoms with Crippen LogP contribution < -0.4 is 4.90 Å². The molecule has 4 rings (SSSR count). The molecule has 1 aliphatic rings. The van der Waals surface area contributed by atoms with Crippen molar-refractivity contribution in [2.24, 2.45) is 0 Å². The summed E-state index contributed by atoms with van der Waals surface area (Å²) in [4.78, 5) is 14.7. The van der Waals surface area contributed by atoms with Crippen LogP contribution in [0.1, 0.15) is 18.1 Å². The molecule has 1 aliphatic heterocycles. The minimum Gasteiger partial charge on any atom is -0.411 e. The number of amides is 1. The van der Waals surface area contributed by atoms with Gasteiger partial charge in [-0.3, -0.25) is 4.79 Å². The summed E-state index contributed by atoms with van der Waals surface area (Å²) in [6.07, 6.45) is 0.900. The molecule has 0 spiro atoms. The summed E-state index contributed by atoms with van der Waals surface area (Å²) in [6.45, 7) is 4.61. The SMILES string of the molecule is Cc1ccccc1-c1nnc(SC(C)C(=O)N2CCc3ccccc32)o1. The first-order valence-electron chi connectivity index (χ1n) is 8.59. The Morgan fingerprint density at radius 3 is 2.77 bits per heavy atom. The number of carbonyl (C=O) groups excluding carboxylic acids is 1. The number of nitrogens with zero attached hydrogens (tertiary/aromatic N) is 3. The monoisotopic (exact) mass is 365 g/mol. The lowest BCUT2D eigenvalue weighted by atomic mass is 10.1. The van der Waals surface area contributed by atoms with Gasteiger partial charge in [0.1, 0.15) is 0 Å². The summed E-state index contributed by atoms with van der Waals surface area (Å²) in [6, 6.07) is 15.9. The van der Waals surface area contributed by atoms with Gasteiger partial charge < -0.3 is 9.32 Å². The van der Waals surface area contributed by atoms with Crippen molar-refractivity contribution in [1.29, 1.82) is 0 Å². The summed E-state index contributed by atoms with van der Waals surface area (Å²) in [5, 5.41) is 8.35. The second-order valence-electron chi connectivity index (χ2n) is 6.32. The third kappa shape index (κ3) is 3.12. The number of hydrogen-bond acceptors (Lipinski definition) is 5. The van der Waals surface area contributed by atoms with Gasteiger partial charge in [-0.25, -0.2) is 0 Å². The van der Waals surface area contributed by atoms with E-state index in [0.29, 0.717) is 11.1 Å². The first-order valence-corrected chi connectivity index (χ1v) is 9.47. The van der Waals surface area contributed by atoms with Gasteiger partial charge >= 0.3 is 0 Å². The second kappa shape index (κ2) is 6.96. The van der Waals surface area contributed by atoms with E-state index in [-0.39, 0.29) is 11.2 Å². The van der Waals surface area contributed by atoms with Gasteiger partial charge in [0.15, 0.2) is 0 Å². The number of para-hydroxylation sites is 1. The molecular weight excluding hydrogens is 346 g/mol. The minimum atomic E-state index is -0.300. The van der Waals surface area contributed by atoms with E-state index in [9.17, 15) is 4.79 Å². The molecule has 1 atom stereocenters. The predicted molar refractivity (Wildman–Crippen MR) is 102 cm³/mol. The molecule has 3 aromatic rings. The maximum absolute atomic E-state index is 12.9. The van der Waals surface area contributed by atoms with Crippen molar-refractivity contribution in [3.05, 3.63) is 59.7 Å². The van der Waals surface area contributed by atoms with E-state index < -0.39 is 0 Å². The average Bonchev–Trinajstić information content (AvgIpc) is 3.28. The number of aromatic nitrogens is 2. The Labute approximate surface area is 156 Å². The van der Waals surface area contributed by atoms with Crippen LogP contribution in [-0.2, 0) is 11.2 Å². The van der Waals surface area contributed by atoms with Crippen LogP contribution in [0.15, 0.2) is 58.2 Å². The lowest BCUT2D eigenvalue weighted by molar-refractivity contribution is -0.117. The van der Waals surface area contributed by atoms with Crippen LogP contribution in [0.3, 0.4) is 0 Å². The van der Waals surface area contributed by atoms with E-state index in [1.165, 1.54) is 17.3 Å². The van der Waals surface area contributed by atoms with E-state index in [1.54, 1.807) is 0 Å². The predicted octanol–water partition coefficient (Wildman–Crippen LogP) is 4.11. The first kappa shape index (κ1) is 16.8. The number of hydrogen-bond donors (Lipinski definition) is 0. The van der Waals surface area contributed by atoms with Crippen molar-refractivity contribution >= 4 is 23.4 Å². The molecule has 0 bridgehead atoms. The fraction of sp³-hybridized carbons (Fsp3) is 0.250. The van der Waals surface area contributed by atoms with Gasteiger partial charge in [-0.2, -0.15) is 0 Å². The largest absolute Gasteiger partial charge is 0.411 e. The quantitative estimate of drug-likeness (QED) is 0.651. The third-order valence-corrected chi connectivity index (χ3v) is 5.48. The molecule has 5 nitrogen and oxygen atoms in total. The lowest BCUT2D eigenvalue weighted by Crippen LogP contribution is -2.35. The number of thioether (sulfide) groups is 1. The Hall–Kier alpha value is -2.60. The van der Waals surface area contributed by atoms with Crippen molar-refractivity contribution in [1.82, 2.24) is 10.2 Å². The molecule has 0 radical (unpaired) electrons. The normalized spacial score (nSPS) is 14.3. The van der Waals surface area contributed by atoms with Crippen LogP contribution in [0, 0.1) is 6.92 Å². The highest BCUT2D eigenvalue weighted by Gasteiger charge is 2.29. The van der Waals surface area contributed by atoms with Gasteiger partial charge in [0, 0.05) is 17.8 Å². The standard InChI is InChI=1S/C20H19N3O2S/c1-13-7-3-5-9-16(13)18-21-22-20(25-18)26-14(2)19(24)23-12-11-15-8-4-6-10-17(15)23/h3-10,14H,11-12H2,1-2H3. The van der Waals surface area contributed by atoms with Crippen LogP contribution in [0.2, 0.25) is 0 Å². The van der Waals surface area contributed by atoms with Gasteiger partial charge in [-0.1, -0.05) is 48.2 Å². The topological polar surface area (TPSA) is 59.2 Å². The molecule has 132 valence electrons. The van der Waals surface area contributed by atoms with Gasteiger partial charge in [-0.05, 0) is 43.5 Å².